The van der Waals surface area contributed by atoms with Crippen LogP contribution in [0.3, 0.4) is 0 Å². The van der Waals surface area contributed by atoms with Crippen molar-refractivity contribution < 1.29 is 31.5 Å². The van der Waals surface area contributed by atoms with E-state index >= 15 is 0 Å². The van der Waals surface area contributed by atoms with Crippen molar-refractivity contribution >= 4 is 28.5 Å². The number of anilines is 1. The molecule has 0 aliphatic carbocycles. The fourth-order valence-corrected chi connectivity index (χ4v) is 4.98. The summed E-state index contributed by atoms with van der Waals surface area (Å²) >= 11 is 1.21. The number of nitrogens with zero attached hydrogens (tertiary/aromatic N) is 2. The maximum Gasteiger partial charge on any atom is 0.274 e. The summed E-state index contributed by atoms with van der Waals surface area (Å²) in [6.07, 6.45) is -5.82. The first kappa shape index (κ1) is 23.4. The maximum atomic E-state index is 15.0. The monoisotopic (exact) mass is 486 g/mol. The molecular weight excluding hydrogens is 467 g/mol. The number of alkyl halides is 4. The van der Waals surface area contributed by atoms with Crippen LogP contribution >= 0.6 is 11.8 Å². The summed E-state index contributed by atoms with van der Waals surface area (Å²) in [7, 11) is 0. The Bertz CT molecular complexity index is 1070. The fourth-order valence-electron chi connectivity index (χ4n) is 3.97. The second kappa shape index (κ2) is 9.26. The number of benzene rings is 1. The number of thioether (sulfide) groups is 1. The summed E-state index contributed by atoms with van der Waals surface area (Å²) in [6, 6.07) is 6.02. The standard InChI is InChI=1S/C21H19F5N4O2S/c22-14-3-2-12(29-19(31)15-4-1-10(7-28-15)17(23)24)6-13(14)21-9-32-16(18(25)26)5-11(21)8-33-20(27)30-21/h1-4,6-7,11,16-18H,5,8-9H2,(H2,27,30)(H,29,31)/t11-,16+,21-/m0/s1. The molecule has 3 N–H and O–H groups in total. The lowest BCUT2D eigenvalue weighted by Gasteiger charge is -2.46. The molecule has 1 amide bonds. The molecule has 3 atom stereocenters. The Balaban J connectivity index is 1.63. The molecule has 2 aliphatic heterocycles. The van der Waals surface area contributed by atoms with Gasteiger partial charge in [0.2, 0.25) is 0 Å². The highest BCUT2D eigenvalue weighted by Gasteiger charge is 2.51. The van der Waals surface area contributed by atoms with Crippen LogP contribution in [-0.4, -0.2) is 40.9 Å². The third-order valence-electron chi connectivity index (χ3n) is 5.69. The van der Waals surface area contributed by atoms with Crippen molar-refractivity contribution in [2.24, 2.45) is 16.6 Å². The lowest BCUT2D eigenvalue weighted by atomic mass is 9.75. The second-order valence-electron chi connectivity index (χ2n) is 7.73. The summed E-state index contributed by atoms with van der Waals surface area (Å²) in [6.45, 7) is -0.293. The Hall–Kier alpha value is -2.73. The highest BCUT2D eigenvalue weighted by molar-refractivity contribution is 8.13. The third-order valence-corrected chi connectivity index (χ3v) is 6.65. The smallest absolute Gasteiger partial charge is 0.274 e. The van der Waals surface area contributed by atoms with Crippen LogP contribution in [0.2, 0.25) is 0 Å². The average Bonchev–Trinajstić information content (AvgIpc) is 2.79. The van der Waals surface area contributed by atoms with Crippen LogP contribution in [0, 0.1) is 11.7 Å². The van der Waals surface area contributed by atoms with E-state index in [1.165, 1.54) is 23.9 Å². The minimum atomic E-state index is -2.72. The van der Waals surface area contributed by atoms with Crippen LogP contribution in [0.1, 0.15) is 34.5 Å². The molecule has 1 aromatic carbocycles. The first-order valence-electron chi connectivity index (χ1n) is 9.93. The van der Waals surface area contributed by atoms with Gasteiger partial charge in [0, 0.05) is 34.7 Å². The van der Waals surface area contributed by atoms with E-state index in [1.807, 2.05) is 0 Å². The predicted molar refractivity (Wildman–Crippen MR) is 113 cm³/mol. The Kier molecular flexibility index (Phi) is 6.57. The summed E-state index contributed by atoms with van der Waals surface area (Å²) in [5.74, 6) is -1.45. The van der Waals surface area contributed by atoms with Crippen molar-refractivity contribution in [2.75, 3.05) is 17.7 Å². The minimum absolute atomic E-state index is 0.0299. The van der Waals surface area contributed by atoms with Crippen molar-refractivity contribution in [3.05, 3.63) is 59.2 Å². The first-order chi connectivity index (χ1) is 15.7. The van der Waals surface area contributed by atoms with Gasteiger partial charge in [0.1, 0.15) is 23.2 Å². The van der Waals surface area contributed by atoms with E-state index in [4.69, 9.17) is 10.5 Å². The number of hydrogen-bond donors (Lipinski definition) is 2. The van der Waals surface area contributed by atoms with Gasteiger partial charge < -0.3 is 15.8 Å². The normalized spacial score (nSPS) is 25.0. The van der Waals surface area contributed by atoms with E-state index in [2.05, 4.69) is 15.3 Å². The molecule has 6 nitrogen and oxygen atoms in total. The zero-order valence-electron chi connectivity index (χ0n) is 17.0. The van der Waals surface area contributed by atoms with Gasteiger partial charge in [0.15, 0.2) is 5.17 Å². The zero-order chi connectivity index (χ0) is 23.8. The lowest BCUT2D eigenvalue weighted by molar-refractivity contribution is -0.120. The molecule has 3 heterocycles. The van der Waals surface area contributed by atoms with Crippen molar-refractivity contribution in [1.82, 2.24) is 4.98 Å². The topological polar surface area (TPSA) is 89.6 Å². The number of aliphatic imine (C=N–C) groups is 1. The molecule has 0 spiro atoms. The number of halogens is 5. The number of rotatable bonds is 5. The Morgan fingerprint density at radius 1 is 1.24 bits per heavy atom. The van der Waals surface area contributed by atoms with Crippen LogP contribution in [0.15, 0.2) is 41.5 Å². The van der Waals surface area contributed by atoms with E-state index in [-0.39, 0.29) is 40.7 Å². The van der Waals surface area contributed by atoms with Gasteiger partial charge in [0.05, 0.1) is 6.61 Å². The SMILES string of the molecule is NC1=N[C@@]2(c3cc(NC(=O)c4ccc(C(F)F)cn4)ccc3F)CO[C@@H](C(F)F)C[C@H]2CS1. The number of pyridine rings is 1. The summed E-state index contributed by atoms with van der Waals surface area (Å²) in [4.78, 5) is 20.6. The van der Waals surface area contributed by atoms with Gasteiger partial charge in [0.25, 0.3) is 18.8 Å². The maximum absolute atomic E-state index is 15.0. The fraction of sp³-hybridized carbons (Fsp3) is 0.381. The van der Waals surface area contributed by atoms with Crippen LogP contribution in [-0.2, 0) is 10.3 Å². The average molecular weight is 486 g/mol. The van der Waals surface area contributed by atoms with E-state index < -0.39 is 42.1 Å². The van der Waals surface area contributed by atoms with Crippen LogP contribution in [0.5, 0.6) is 0 Å². The van der Waals surface area contributed by atoms with E-state index in [0.29, 0.717) is 5.75 Å². The number of nitrogens with one attached hydrogen (secondary N) is 1. The molecule has 0 saturated carbocycles. The molecular formula is C21H19F5N4O2S. The van der Waals surface area contributed by atoms with Gasteiger partial charge in [-0.3, -0.25) is 9.78 Å². The van der Waals surface area contributed by atoms with Gasteiger partial charge in [-0.1, -0.05) is 11.8 Å². The van der Waals surface area contributed by atoms with E-state index in [9.17, 15) is 26.7 Å². The molecule has 1 aromatic heterocycles. The van der Waals surface area contributed by atoms with Gasteiger partial charge in [-0.2, -0.15) is 0 Å². The number of amidine groups is 1. The van der Waals surface area contributed by atoms with Gasteiger partial charge in [-0.05, 0) is 36.8 Å². The molecule has 12 heteroatoms. The minimum Gasteiger partial charge on any atom is -0.379 e. The number of ether oxygens (including phenoxy) is 1. The van der Waals surface area contributed by atoms with Crippen molar-refractivity contribution in [3.8, 4) is 0 Å². The quantitative estimate of drug-likeness (QED) is 0.614. The number of amides is 1. The van der Waals surface area contributed by atoms with Crippen molar-refractivity contribution in [1.29, 1.82) is 0 Å². The molecule has 4 rings (SSSR count). The number of nitrogens with two attached hydrogens (primary N) is 1. The number of carbonyl (C=O) groups excluding carboxylic acids is 1. The molecule has 1 saturated heterocycles. The Morgan fingerprint density at radius 3 is 2.70 bits per heavy atom. The van der Waals surface area contributed by atoms with Gasteiger partial charge in [-0.25, -0.2) is 26.9 Å². The van der Waals surface area contributed by atoms with Gasteiger partial charge in [-0.15, -0.1) is 0 Å². The molecule has 1 fully saturated rings. The third kappa shape index (κ3) is 4.67. The largest absolute Gasteiger partial charge is 0.379 e. The number of fused-ring (bicyclic) bond motifs is 1. The highest BCUT2D eigenvalue weighted by Crippen LogP contribution is 2.47. The van der Waals surface area contributed by atoms with E-state index in [0.717, 1.165) is 24.4 Å². The Labute approximate surface area is 189 Å². The summed E-state index contributed by atoms with van der Waals surface area (Å²) < 4.78 is 72.2. The molecule has 0 unspecified atom stereocenters. The second-order valence-corrected chi connectivity index (χ2v) is 8.77. The Morgan fingerprint density at radius 2 is 2.03 bits per heavy atom. The number of hydrogen-bond acceptors (Lipinski definition) is 6. The predicted octanol–water partition coefficient (Wildman–Crippen LogP) is 4.34. The summed E-state index contributed by atoms with van der Waals surface area (Å²) in [5, 5.41) is 2.73. The molecule has 2 aliphatic rings. The highest BCUT2D eigenvalue weighted by atomic mass is 32.2. The molecule has 0 radical (unpaired) electrons. The van der Waals surface area contributed by atoms with Crippen LogP contribution in [0.25, 0.3) is 0 Å². The van der Waals surface area contributed by atoms with Crippen molar-refractivity contribution in [3.63, 3.8) is 0 Å². The van der Waals surface area contributed by atoms with Crippen LogP contribution < -0.4 is 11.1 Å². The molecule has 33 heavy (non-hydrogen) atoms. The summed E-state index contributed by atoms with van der Waals surface area (Å²) in [5.41, 5.74) is 4.38. The lowest BCUT2D eigenvalue weighted by Crippen LogP contribution is -2.51. The number of carbonyl (C=O) groups is 1. The van der Waals surface area contributed by atoms with Crippen molar-refractivity contribution in [2.45, 2.75) is 30.9 Å². The van der Waals surface area contributed by atoms with Crippen LogP contribution in [0.4, 0.5) is 27.6 Å². The number of aromatic nitrogens is 1. The molecule has 0 bridgehead atoms. The zero-order valence-corrected chi connectivity index (χ0v) is 17.8. The molecule has 2 aromatic rings. The van der Waals surface area contributed by atoms with Gasteiger partial charge >= 0.3 is 0 Å². The van der Waals surface area contributed by atoms with E-state index in [1.54, 1.807) is 0 Å². The first-order valence-corrected chi connectivity index (χ1v) is 10.9. The molecule has 176 valence electrons.